The maximum absolute atomic E-state index is 11.5. The second-order valence-electron chi connectivity index (χ2n) is 4.69. The Hall–Kier alpha value is -1.60. The van der Waals surface area contributed by atoms with E-state index in [1.54, 1.807) is 0 Å². The number of sulfonamides is 1. The molecule has 7 heteroatoms. The van der Waals surface area contributed by atoms with Gasteiger partial charge in [0.2, 0.25) is 10.0 Å². The number of nitrogens with one attached hydrogen (secondary N) is 1. The highest BCUT2D eigenvalue weighted by molar-refractivity contribution is 7.89. The predicted molar refractivity (Wildman–Crippen MR) is 70.7 cm³/mol. The van der Waals surface area contributed by atoms with E-state index >= 15 is 0 Å². The van der Waals surface area contributed by atoms with Crippen LogP contribution in [0.25, 0.3) is 0 Å². The fourth-order valence-corrected chi connectivity index (χ4v) is 3.02. The summed E-state index contributed by atoms with van der Waals surface area (Å²) in [6.07, 6.45) is 4.17. The lowest BCUT2D eigenvalue weighted by Gasteiger charge is -2.16. The number of anilines is 1. The minimum Gasteiger partial charge on any atom is -0.478 e. The molecule has 0 radical (unpaired) electrons. The average molecular weight is 284 g/mol. The van der Waals surface area contributed by atoms with Gasteiger partial charge in [0.05, 0.1) is 11.3 Å². The van der Waals surface area contributed by atoms with E-state index < -0.39 is 16.0 Å². The van der Waals surface area contributed by atoms with Crippen LogP contribution >= 0.6 is 0 Å². The van der Waals surface area contributed by atoms with Crippen molar-refractivity contribution >= 4 is 21.7 Å². The molecule has 1 aromatic carbocycles. The molecule has 0 spiro atoms. The monoisotopic (exact) mass is 284 g/mol. The third kappa shape index (κ3) is 3.24. The van der Waals surface area contributed by atoms with Crippen molar-refractivity contribution in [3.63, 3.8) is 0 Å². The number of carbonyl (C=O) groups is 1. The molecule has 0 unspecified atom stereocenters. The summed E-state index contributed by atoms with van der Waals surface area (Å²) >= 11 is 0. The average Bonchev–Trinajstić information content (AvgIpc) is 2.80. The maximum Gasteiger partial charge on any atom is 0.335 e. The van der Waals surface area contributed by atoms with E-state index in [4.69, 9.17) is 10.2 Å². The van der Waals surface area contributed by atoms with Crippen molar-refractivity contribution in [1.29, 1.82) is 0 Å². The van der Waals surface area contributed by atoms with Gasteiger partial charge in [-0.15, -0.1) is 0 Å². The molecule has 1 fully saturated rings. The van der Waals surface area contributed by atoms with Gasteiger partial charge in [-0.25, -0.2) is 18.4 Å². The molecule has 104 valence electrons. The van der Waals surface area contributed by atoms with Crippen LogP contribution in [0.3, 0.4) is 0 Å². The van der Waals surface area contributed by atoms with E-state index in [1.807, 2.05) is 0 Å². The molecule has 0 amide bonds. The van der Waals surface area contributed by atoms with Crippen LogP contribution in [0.15, 0.2) is 23.1 Å². The number of hydrogen-bond donors (Lipinski definition) is 3. The Bertz CT molecular complexity index is 592. The van der Waals surface area contributed by atoms with Crippen LogP contribution < -0.4 is 10.5 Å². The van der Waals surface area contributed by atoms with Crippen molar-refractivity contribution in [3.05, 3.63) is 23.8 Å². The summed E-state index contributed by atoms with van der Waals surface area (Å²) in [5, 5.41) is 17.2. The van der Waals surface area contributed by atoms with Gasteiger partial charge in [0.25, 0.3) is 0 Å². The Morgan fingerprint density at radius 1 is 1.32 bits per heavy atom. The summed E-state index contributed by atoms with van der Waals surface area (Å²) in [6, 6.07) is 4.14. The Kier molecular flexibility index (Phi) is 3.77. The van der Waals surface area contributed by atoms with E-state index in [1.165, 1.54) is 12.1 Å². The van der Waals surface area contributed by atoms with Gasteiger partial charge in [-0.3, -0.25) is 0 Å². The summed E-state index contributed by atoms with van der Waals surface area (Å²) in [4.78, 5) is 10.7. The molecule has 2 rings (SSSR count). The summed E-state index contributed by atoms with van der Waals surface area (Å²) in [6.45, 7) is 0. The maximum atomic E-state index is 11.5. The molecule has 0 aliphatic heterocycles. The van der Waals surface area contributed by atoms with Gasteiger partial charge in [-0.05, 0) is 31.0 Å². The smallest absolute Gasteiger partial charge is 0.335 e. The van der Waals surface area contributed by atoms with Crippen molar-refractivity contribution in [2.45, 2.75) is 36.6 Å². The summed E-state index contributed by atoms with van der Waals surface area (Å²) in [5.74, 6) is -1.18. The number of primary sulfonamides is 1. The van der Waals surface area contributed by atoms with E-state index in [0.29, 0.717) is 5.69 Å². The third-order valence-corrected chi connectivity index (χ3v) is 4.20. The molecule has 0 heterocycles. The first-order valence-electron chi connectivity index (χ1n) is 6.04. The van der Waals surface area contributed by atoms with Crippen LogP contribution in [0.2, 0.25) is 0 Å². The van der Waals surface area contributed by atoms with Crippen LogP contribution in [-0.2, 0) is 10.0 Å². The molecular formula is C12H16N2O4S. The highest BCUT2D eigenvalue weighted by Crippen LogP contribution is 2.27. The third-order valence-electron chi connectivity index (χ3n) is 3.25. The number of aromatic carboxylic acids is 1. The van der Waals surface area contributed by atoms with Crippen molar-refractivity contribution in [3.8, 4) is 0 Å². The summed E-state index contributed by atoms with van der Waals surface area (Å²) in [5.41, 5.74) is 0.278. The van der Waals surface area contributed by atoms with Gasteiger partial charge in [0.15, 0.2) is 0 Å². The van der Waals surface area contributed by atoms with E-state index in [-0.39, 0.29) is 16.5 Å². The quantitative estimate of drug-likeness (QED) is 0.774. The molecular weight excluding hydrogens is 268 g/mol. The number of carboxylic acids is 1. The fourth-order valence-electron chi connectivity index (χ4n) is 2.30. The predicted octanol–water partition coefficient (Wildman–Crippen LogP) is 1.39. The molecule has 19 heavy (non-hydrogen) atoms. The minimum atomic E-state index is -3.96. The van der Waals surface area contributed by atoms with Crippen molar-refractivity contribution < 1.29 is 18.3 Å². The number of nitrogens with two attached hydrogens (primary N) is 1. The Balaban J connectivity index is 2.39. The molecule has 0 bridgehead atoms. The Morgan fingerprint density at radius 2 is 1.95 bits per heavy atom. The number of rotatable bonds is 4. The van der Waals surface area contributed by atoms with Crippen LogP contribution in [0.1, 0.15) is 36.0 Å². The zero-order valence-corrected chi connectivity index (χ0v) is 11.1. The van der Waals surface area contributed by atoms with Crippen LogP contribution in [0.4, 0.5) is 5.69 Å². The first-order valence-corrected chi connectivity index (χ1v) is 7.59. The first-order chi connectivity index (χ1) is 8.88. The Labute approximate surface area is 111 Å². The molecule has 6 nitrogen and oxygen atoms in total. The van der Waals surface area contributed by atoms with E-state index in [9.17, 15) is 13.2 Å². The van der Waals surface area contributed by atoms with Gasteiger partial charge in [-0.1, -0.05) is 12.8 Å². The Morgan fingerprint density at radius 3 is 2.47 bits per heavy atom. The first kappa shape index (κ1) is 13.8. The lowest BCUT2D eigenvalue weighted by Crippen LogP contribution is -2.20. The molecule has 0 saturated heterocycles. The number of carboxylic acid groups (broad SMARTS) is 1. The molecule has 1 saturated carbocycles. The molecule has 1 aliphatic carbocycles. The molecule has 1 aliphatic rings. The standard InChI is InChI=1S/C12H16N2O4S/c13-19(17,18)11-7-8(12(15)16)5-6-10(11)14-9-3-1-2-4-9/h5-7,9,14H,1-4H2,(H,15,16)(H2,13,17,18). The minimum absolute atomic E-state index is 0.0963. The van der Waals surface area contributed by atoms with Crippen LogP contribution in [0, 0.1) is 0 Å². The van der Waals surface area contributed by atoms with Crippen LogP contribution in [0.5, 0.6) is 0 Å². The van der Waals surface area contributed by atoms with Gasteiger partial charge in [0, 0.05) is 6.04 Å². The van der Waals surface area contributed by atoms with Gasteiger partial charge in [-0.2, -0.15) is 0 Å². The van der Waals surface area contributed by atoms with Gasteiger partial charge in [0.1, 0.15) is 4.90 Å². The van der Waals surface area contributed by atoms with Gasteiger partial charge < -0.3 is 10.4 Å². The van der Waals surface area contributed by atoms with Crippen molar-refractivity contribution in [1.82, 2.24) is 0 Å². The second-order valence-corrected chi connectivity index (χ2v) is 6.22. The fraction of sp³-hybridized carbons (Fsp3) is 0.417. The zero-order valence-electron chi connectivity index (χ0n) is 10.3. The number of benzene rings is 1. The summed E-state index contributed by atoms with van der Waals surface area (Å²) in [7, 11) is -3.96. The molecule has 4 N–H and O–H groups in total. The SMILES string of the molecule is NS(=O)(=O)c1cc(C(=O)O)ccc1NC1CCCC1. The topological polar surface area (TPSA) is 109 Å². The second kappa shape index (κ2) is 5.18. The lowest BCUT2D eigenvalue weighted by atomic mass is 10.2. The highest BCUT2D eigenvalue weighted by atomic mass is 32.2. The van der Waals surface area contributed by atoms with Crippen molar-refractivity contribution in [2.24, 2.45) is 5.14 Å². The molecule has 0 aromatic heterocycles. The molecule has 0 atom stereocenters. The van der Waals surface area contributed by atoms with E-state index in [2.05, 4.69) is 5.32 Å². The normalized spacial score (nSPS) is 16.5. The largest absolute Gasteiger partial charge is 0.478 e. The lowest BCUT2D eigenvalue weighted by molar-refractivity contribution is 0.0696. The van der Waals surface area contributed by atoms with Gasteiger partial charge >= 0.3 is 5.97 Å². The van der Waals surface area contributed by atoms with Crippen molar-refractivity contribution in [2.75, 3.05) is 5.32 Å². The van der Waals surface area contributed by atoms with E-state index in [0.717, 1.165) is 31.7 Å². The number of hydrogen-bond acceptors (Lipinski definition) is 4. The summed E-state index contributed by atoms with van der Waals surface area (Å²) < 4.78 is 23.1. The molecule has 1 aromatic rings. The highest BCUT2D eigenvalue weighted by Gasteiger charge is 2.21. The van der Waals surface area contributed by atoms with Crippen LogP contribution in [-0.4, -0.2) is 25.5 Å². The zero-order chi connectivity index (χ0) is 14.0.